The Labute approximate surface area is 141 Å². The van der Waals surface area contributed by atoms with Gasteiger partial charge in [-0.3, -0.25) is 4.79 Å². The summed E-state index contributed by atoms with van der Waals surface area (Å²) < 4.78 is 24.1. The predicted molar refractivity (Wildman–Crippen MR) is 91.9 cm³/mol. The van der Waals surface area contributed by atoms with Crippen LogP contribution in [0.5, 0.6) is 11.5 Å². The number of anilines is 1. The SMILES string of the molecule is CC[C@H](Oc1ccc(F)cc1)C(=O)Nc1ccc(OC(C)C)cc1. The van der Waals surface area contributed by atoms with Crippen LogP contribution in [0.2, 0.25) is 0 Å². The van der Waals surface area contributed by atoms with Crippen LogP contribution in [0.25, 0.3) is 0 Å². The molecule has 0 spiro atoms. The van der Waals surface area contributed by atoms with E-state index in [1.807, 2.05) is 20.8 Å². The average Bonchev–Trinajstić information content (AvgIpc) is 2.55. The zero-order chi connectivity index (χ0) is 17.5. The number of carbonyl (C=O) groups is 1. The predicted octanol–water partition coefficient (Wildman–Crippen LogP) is 4.41. The summed E-state index contributed by atoms with van der Waals surface area (Å²) >= 11 is 0. The van der Waals surface area contributed by atoms with E-state index in [1.54, 1.807) is 24.3 Å². The highest BCUT2D eigenvalue weighted by Gasteiger charge is 2.18. The lowest BCUT2D eigenvalue weighted by Crippen LogP contribution is -2.32. The summed E-state index contributed by atoms with van der Waals surface area (Å²) in [5.41, 5.74) is 0.664. The second kappa shape index (κ2) is 8.34. The van der Waals surface area contributed by atoms with E-state index in [0.29, 0.717) is 17.9 Å². The van der Waals surface area contributed by atoms with Gasteiger partial charge in [-0.2, -0.15) is 0 Å². The van der Waals surface area contributed by atoms with E-state index in [-0.39, 0.29) is 17.8 Å². The molecule has 5 heteroatoms. The molecule has 0 bridgehead atoms. The number of halogens is 1. The summed E-state index contributed by atoms with van der Waals surface area (Å²) in [5, 5.41) is 2.81. The van der Waals surface area contributed by atoms with Gasteiger partial charge in [0.05, 0.1) is 6.10 Å². The van der Waals surface area contributed by atoms with Gasteiger partial charge in [-0.1, -0.05) is 6.92 Å². The Bertz CT molecular complexity index is 653. The average molecular weight is 331 g/mol. The van der Waals surface area contributed by atoms with E-state index < -0.39 is 6.10 Å². The van der Waals surface area contributed by atoms with Gasteiger partial charge in [0, 0.05) is 5.69 Å². The van der Waals surface area contributed by atoms with Gasteiger partial charge in [0.2, 0.25) is 0 Å². The lowest BCUT2D eigenvalue weighted by atomic mass is 10.2. The van der Waals surface area contributed by atoms with Crippen molar-refractivity contribution in [3.05, 3.63) is 54.3 Å². The van der Waals surface area contributed by atoms with Crippen LogP contribution in [0.1, 0.15) is 27.2 Å². The first-order valence-electron chi connectivity index (χ1n) is 7.97. The fraction of sp³-hybridized carbons (Fsp3) is 0.316. The first-order chi connectivity index (χ1) is 11.5. The maximum atomic E-state index is 12.9. The molecule has 0 saturated carbocycles. The Morgan fingerprint density at radius 3 is 2.08 bits per heavy atom. The number of carbonyl (C=O) groups excluding carboxylic acids is 1. The maximum absolute atomic E-state index is 12.9. The molecule has 24 heavy (non-hydrogen) atoms. The van der Waals surface area contributed by atoms with Crippen LogP contribution in [-0.2, 0) is 4.79 Å². The van der Waals surface area contributed by atoms with Crippen LogP contribution in [-0.4, -0.2) is 18.1 Å². The lowest BCUT2D eigenvalue weighted by molar-refractivity contribution is -0.122. The van der Waals surface area contributed by atoms with Crippen LogP contribution in [0.4, 0.5) is 10.1 Å². The Morgan fingerprint density at radius 2 is 1.54 bits per heavy atom. The van der Waals surface area contributed by atoms with E-state index >= 15 is 0 Å². The van der Waals surface area contributed by atoms with E-state index in [9.17, 15) is 9.18 Å². The van der Waals surface area contributed by atoms with Gasteiger partial charge < -0.3 is 14.8 Å². The maximum Gasteiger partial charge on any atom is 0.265 e. The molecule has 1 atom stereocenters. The third kappa shape index (κ3) is 5.26. The van der Waals surface area contributed by atoms with Crippen LogP contribution < -0.4 is 14.8 Å². The van der Waals surface area contributed by atoms with E-state index in [2.05, 4.69) is 5.32 Å². The zero-order valence-electron chi connectivity index (χ0n) is 14.1. The van der Waals surface area contributed by atoms with E-state index in [0.717, 1.165) is 5.75 Å². The molecule has 0 saturated heterocycles. The smallest absolute Gasteiger partial charge is 0.265 e. The zero-order valence-corrected chi connectivity index (χ0v) is 14.1. The van der Waals surface area contributed by atoms with Gasteiger partial charge in [-0.25, -0.2) is 4.39 Å². The van der Waals surface area contributed by atoms with Gasteiger partial charge in [0.1, 0.15) is 17.3 Å². The number of ether oxygens (including phenoxy) is 2. The van der Waals surface area contributed by atoms with Gasteiger partial charge >= 0.3 is 0 Å². The van der Waals surface area contributed by atoms with Crippen molar-refractivity contribution >= 4 is 11.6 Å². The van der Waals surface area contributed by atoms with Crippen LogP contribution in [0.3, 0.4) is 0 Å². The summed E-state index contributed by atoms with van der Waals surface area (Å²) in [7, 11) is 0. The molecule has 4 nitrogen and oxygen atoms in total. The number of hydrogen-bond donors (Lipinski definition) is 1. The Kier molecular flexibility index (Phi) is 6.18. The molecular formula is C19H22FNO3. The van der Waals surface area contributed by atoms with Crippen molar-refractivity contribution in [1.82, 2.24) is 0 Å². The molecule has 0 unspecified atom stereocenters. The quantitative estimate of drug-likeness (QED) is 0.817. The molecule has 0 aliphatic heterocycles. The molecule has 0 heterocycles. The van der Waals surface area contributed by atoms with Crippen molar-refractivity contribution in [3.8, 4) is 11.5 Å². The molecule has 1 amide bonds. The number of rotatable bonds is 7. The van der Waals surface area contributed by atoms with E-state index in [4.69, 9.17) is 9.47 Å². The summed E-state index contributed by atoms with van der Waals surface area (Å²) in [6.45, 7) is 5.76. The van der Waals surface area contributed by atoms with Crippen molar-refractivity contribution in [3.63, 3.8) is 0 Å². The highest BCUT2D eigenvalue weighted by molar-refractivity contribution is 5.94. The minimum absolute atomic E-state index is 0.0963. The Hall–Kier alpha value is -2.56. The molecule has 0 aliphatic rings. The summed E-state index contributed by atoms with van der Waals surface area (Å²) in [4.78, 5) is 12.3. The monoisotopic (exact) mass is 331 g/mol. The standard InChI is InChI=1S/C19H22FNO3/c1-4-18(24-17-9-5-14(20)6-10-17)19(22)21-15-7-11-16(12-8-15)23-13(2)3/h5-13,18H,4H2,1-3H3,(H,21,22)/t18-/m0/s1. The largest absolute Gasteiger partial charge is 0.491 e. The van der Waals surface area contributed by atoms with Gasteiger partial charge in [0.15, 0.2) is 6.10 Å². The molecule has 1 N–H and O–H groups in total. The van der Waals surface area contributed by atoms with Crippen LogP contribution >= 0.6 is 0 Å². The molecule has 2 aromatic carbocycles. The Morgan fingerprint density at radius 1 is 1.00 bits per heavy atom. The van der Waals surface area contributed by atoms with Crippen molar-refractivity contribution in [2.24, 2.45) is 0 Å². The third-order valence-corrected chi connectivity index (χ3v) is 3.25. The third-order valence-electron chi connectivity index (χ3n) is 3.25. The minimum atomic E-state index is -0.651. The number of benzene rings is 2. The molecule has 0 aromatic heterocycles. The molecule has 0 fully saturated rings. The molecule has 0 radical (unpaired) electrons. The highest BCUT2D eigenvalue weighted by atomic mass is 19.1. The molecule has 128 valence electrons. The topological polar surface area (TPSA) is 47.6 Å². The van der Waals surface area contributed by atoms with Crippen molar-refractivity contribution in [2.75, 3.05) is 5.32 Å². The lowest BCUT2D eigenvalue weighted by Gasteiger charge is -2.17. The van der Waals surface area contributed by atoms with Gasteiger partial charge in [-0.05, 0) is 68.8 Å². The summed E-state index contributed by atoms with van der Waals surface area (Å²) in [6.07, 6.45) is -0.0568. The highest BCUT2D eigenvalue weighted by Crippen LogP contribution is 2.19. The van der Waals surface area contributed by atoms with E-state index in [1.165, 1.54) is 24.3 Å². The summed E-state index contributed by atoms with van der Waals surface area (Å²) in [6, 6.07) is 12.8. The van der Waals surface area contributed by atoms with Crippen molar-refractivity contribution in [1.29, 1.82) is 0 Å². The number of nitrogens with one attached hydrogen (secondary N) is 1. The second-order valence-corrected chi connectivity index (χ2v) is 5.65. The molecule has 2 rings (SSSR count). The fourth-order valence-electron chi connectivity index (χ4n) is 2.11. The van der Waals surface area contributed by atoms with Crippen LogP contribution in [0, 0.1) is 5.82 Å². The fourth-order valence-corrected chi connectivity index (χ4v) is 2.11. The number of amides is 1. The van der Waals surface area contributed by atoms with Crippen LogP contribution in [0.15, 0.2) is 48.5 Å². The first kappa shape index (κ1) is 17.8. The normalized spacial score (nSPS) is 11.9. The molecular weight excluding hydrogens is 309 g/mol. The van der Waals surface area contributed by atoms with Gasteiger partial charge in [-0.15, -0.1) is 0 Å². The Balaban J connectivity index is 1.97. The van der Waals surface area contributed by atoms with Crippen molar-refractivity contribution < 1.29 is 18.7 Å². The van der Waals surface area contributed by atoms with Crippen molar-refractivity contribution in [2.45, 2.75) is 39.4 Å². The summed E-state index contributed by atoms with van der Waals surface area (Å²) in [5.74, 6) is 0.611. The number of hydrogen-bond acceptors (Lipinski definition) is 3. The van der Waals surface area contributed by atoms with Gasteiger partial charge in [0.25, 0.3) is 5.91 Å². The molecule has 2 aromatic rings. The molecule has 0 aliphatic carbocycles. The minimum Gasteiger partial charge on any atom is -0.491 e. The second-order valence-electron chi connectivity index (χ2n) is 5.65. The first-order valence-corrected chi connectivity index (χ1v) is 7.97.